The molecular formula is C22H35N3O12. The Bertz CT molecular complexity index is 687. The summed E-state index contributed by atoms with van der Waals surface area (Å²) in [4.78, 5) is 62.1. The summed E-state index contributed by atoms with van der Waals surface area (Å²) in [5.41, 5.74) is 0. The van der Waals surface area contributed by atoms with E-state index in [2.05, 4.69) is 36.3 Å². The van der Waals surface area contributed by atoms with Gasteiger partial charge in [-0.25, -0.2) is 28.8 Å². The molecule has 1 fully saturated rings. The lowest BCUT2D eigenvalue weighted by Crippen LogP contribution is -2.43. The lowest BCUT2D eigenvalue weighted by atomic mass is 10.1. The smallest absolute Gasteiger partial charge is 0.328 e. The molecule has 37 heavy (non-hydrogen) atoms. The standard InChI is InChI=1S/C10H23N3.3C4H4O4/c1-12(2)8-9-13(3)10-4-6-11-7-5-10;3*5-3(6)1-2-4(7)8/h10-11H,4-9H2,1-3H3;3*1-2H,(H,5,6)(H,7,8)/b;3*2-1+. The normalized spacial score (nSPS) is 13.2. The van der Waals surface area contributed by atoms with Gasteiger partial charge in [0, 0.05) is 55.6 Å². The number of nitrogens with one attached hydrogen (secondary N) is 1. The molecule has 15 heteroatoms. The second-order valence-corrected chi connectivity index (χ2v) is 7.29. The maximum Gasteiger partial charge on any atom is 0.328 e. The number of aliphatic carboxylic acids is 6. The average Bonchev–Trinajstić information content (AvgIpc) is 2.80. The lowest BCUT2D eigenvalue weighted by molar-refractivity contribution is -0.134. The summed E-state index contributed by atoms with van der Waals surface area (Å²) in [7, 11) is 6.52. The van der Waals surface area contributed by atoms with Gasteiger partial charge in [0.05, 0.1) is 0 Å². The van der Waals surface area contributed by atoms with E-state index in [-0.39, 0.29) is 0 Å². The lowest BCUT2D eigenvalue weighted by Gasteiger charge is -2.32. The minimum atomic E-state index is -1.26. The molecule has 210 valence electrons. The van der Waals surface area contributed by atoms with Crippen molar-refractivity contribution < 1.29 is 59.4 Å². The van der Waals surface area contributed by atoms with Crippen molar-refractivity contribution in [2.45, 2.75) is 18.9 Å². The molecule has 0 bridgehead atoms. The van der Waals surface area contributed by atoms with Crippen molar-refractivity contribution in [3.05, 3.63) is 36.5 Å². The van der Waals surface area contributed by atoms with Gasteiger partial charge in [-0.3, -0.25) is 0 Å². The van der Waals surface area contributed by atoms with Crippen LogP contribution in [0.25, 0.3) is 0 Å². The van der Waals surface area contributed by atoms with Crippen LogP contribution in [0.5, 0.6) is 0 Å². The predicted octanol–water partition coefficient (Wildman–Crippen LogP) is -0.633. The molecule has 0 amide bonds. The van der Waals surface area contributed by atoms with E-state index in [1.54, 1.807) is 0 Å². The molecule has 0 spiro atoms. The predicted molar refractivity (Wildman–Crippen MR) is 130 cm³/mol. The zero-order chi connectivity index (χ0) is 29.4. The maximum absolute atomic E-state index is 9.55. The molecule has 0 aromatic rings. The van der Waals surface area contributed by atoms with Crippen molar-refractivity contribution in [3.63, 3.8) is 0 Å². The molecule has 1 rings (SSSR count). The minimum Gasteiger partial charge on any atom is -0.478 e. The zero-order valence-electron chi connectivity index (χ0n) is 20.8. The highest BCUT2D eigenvalue weighted by atomic mass is 16.4. The first kappa shape index (κ1) is 37.5. The molecule has 7 N–H and O–H groups in total. The van der Waals surface area contributed by atoms with Crippen LogP contribution in [0.2, 0.25) is 0 Å². The van der Waals surface area contributed by atoms with E-state index in [1.807, 2.05) is 0 Å². The van der Waals surface area contributed by atoms with Gasteiger partial charge in [-0.1, -0.05) is 0 Å². The van der Waals surface area contributed by atoms with Crippen LogP contribution in [-0.4, -0.2) is 130 Å². The number of hydrogen-bond donors (Lipinski definition) is 7. The summed E-state index contributed by atoms with van der Waals surface area (Å²) in [6.45, 7) is 4.74. The minimum absolute atomic E-state index is 0.558. The number of carbonyl (C=O) groups is 6. The SMILES string of the molecule is CN(C)CCN(C)C1CCNCC1.O=C(O)/C=C/C(=O)O.O=C(O)/C=C/C(=O)O.O=C(O)/C=C/C(=O)O. The van der Waals surface area contributed by atoms with Crippen LogP contribution in [0.1, 0.15) is 12.8 Å². The monoisotopic (exact) mass is 533 g/mol. The Labute approximate surface area is 213 Å². The van der Waals surface area contributed by atoms with E-state index >= 15 is 0 Å². The molecule has 1 aliphatic rings. The number of carboxylic acids is 6. The summed E-state index contributed by atoms with van der Waals surface area (Å²) < 4.78 is 0. The summed E-state index contributed by atoms with van der Waals surface area (Å²) in [5, 5.41) is 50.3. The third-order valence-corrected chi connectivity index (χ3v) is 3.94. The van der Waals surface area contributed by atoms with Gasteiger partial charge in [0.1, 0.15) is 0 Å². The fourth-order valence-corrected chi connectivity index (χ4v) is 2.22. The first-order valence-corrected chi connectivity index (χ1v) is 10.6. The van der Waals surface area contributed by atoms with E-state index in [4.69, 9.17) is 30.6 Å². The topological polar surface area (TPSA) is 242 Å². The Balaban J connectivity index is -0.000000430. The molecule has 0 aromatic carbocycles. The maximum atomic E-state index is 9.55. The van der Waals surface area contributed by atoms with Crippen molar-refractivity contribution in [2.24, 2.45) is 0 Å². The van der Waals surface area contributed by atoms with Crippen LogP contribution in [0.3, 0.4) is 0 Å². The third-order valence-electron chi connectivity index (χ3n) is 3.94. The Kier molecular flexibility index (Phi) is 24.0. The van der Waals surface area contributed by atoms with Gasteiger partial charge < -0.3 is 45.8 Å². The molecule has 1 aliphatic heterocycles. The van der Waals surface area contributed by atoms with Gasteiger partial charge in [0.25, 0.3) is 0 Å². The van der Waals surface area contributed by atoms with Crippen LogP contribution >= 0.6 is 0 Å². The molecule has 0 saturated carbocycles. The van der Waals surface area contributed by atoms with Crippen LogP contribution < -0.4 is 5.32 Å². The third kappa shape index (κ3) is 36.7. The number of carboxylic acid groups (broad SMARTS) is 6. The van der Waals surface area contributed by atoms with Crippen molar-refractivity contribution >= 4 is 35.8 Å². The van der Waals surface area contributed by atoms with Gasteiger partial charge in [0.2, 0.25) is 0 Å². The molecule has 1 heterocycles. The number of likely N-dealkylation sites (N-methyl/N-ethyl adjacent to an activating group) is 2. The van der Waals surface area contributed by atoms with Crippen molar-refractivity contribution in [1.29, 1.82) is 0 Å². The second kappa shape index (κ2) is 23.7. The summed E-state index contributed by atoms with van der Waals surface area (Å²) in [6.07, 6.45) is 5.97. The van der Waals surface area contributed by atoms with Gasteiger partial charge in [-0.2, -0.15) is 0 Å². The van der Waals surface area contributed by atoms with E-state index in [9.17, 15) is 28.8 Å². The zero-order valence-corrected chi connectivity index (χ0v) is 20.8. The van der Waals surface area contributed by atoms with Gasteiger partial charge in [-0.05, 0) is 47.1 Å². The molecule has 0 atom stereocenters. The fraction of sp³-hybridized carbons (Fsp3) is 0.455. The van der Waals surface area contributed by atoms with Crippen LogP contribution in [0.15, 0.2) is 36.5 Å². The number of rotatable bonds is 10. The van der Waals surface area contributed by atoms with Crippen molar-refractivity contribution in [3.8, 4) is 0 Å². The number of piperidine rings is 1. The van der Waals surface area contributed by atoms with Crippen molar-refractivity contribution in [1.82, 2.24) is 15.1 Å². The molecule has 0 unspecified atom stereocenters. The number of nitrogens with zero attached hydrogens (tertiary/aromatic N) is 2. The Morgan fingerprint density at radius 1 is 0.595 bits per heavy atom. The average molecular weight is 534 g/mol. The van der Waals surface area contributed by atoms with E-state index < -0.39 is 35.8 Å². The Hall–Kier alpha value is -4.08. The van der Waals surface area contributed by atoms with Gasteiger partial charge in [0.15, 0.2) is 0 Å². The van der Waals surface area contributed by atoms with Gasteiger partial charge >= 0.3 is 35.8 Å². The van der Waals surface area contributed by atoms with E-state index in [0.717, 1.165) is 6.04 Å². The first-order chi connectivity index (χ1) is 17.1. The van der Waals surface area contributed by atoms with Crippen molar-refractivity contribution in [2.75, 3.05) is 47.3 Å². The molecule has 15 nitrogen and oxygen atoms in total. The quantitative estimate of drug-likeness (QED) is 0.173. The Morgan fingerprint density at radius 3 is 1.08 bits per heavy atom. The molecule has 0 radical (unpaired) electrons. The molecule has 1 saturated heterocycles. The van der Waals surface area contributed by atoms with E-state index in [1.165, 1.54) is 39.0 Å². The second-order valence-electron chi connectivity index (χ2n) is 7.29. The van der Waals surface area contributed by atoms with Crippen LogP contribution in [0.4, 0.5) is 0 Å². The highest BCUT2D eigenvalue weighted by Crippen LogP contribution is 2.08. The fourth-order valence-electron chi connectivity index (χ4n) is 2.22. The molecular weight excluding hydrogens is 498 g/mol. The van der Waals surface area contributed by atoms with E-state index in [0.29, 0.717) is 36.5 Å². The summed E-state index contributed by atoms with van der Waals surface area (Å²) in [5.74, 6) is -7.54. The van der Waals surface area contributed by atoms with Gasteiger partial charge in [-0.15, -0.1) is 0 Å². The van der Waals surface area contributed by atoms with Crippen LogP contribution in [-0.2, 0) is 28.8 Å². The number of hydrogen-bond acceptors (Lipinski definition) is 9. The first-order valence-electron chi connectivity index (χ1n) is 10.6. The van der Waals surface area contributed by atoms with Crippen LogP contribution in [0, 0.1) is 0 Å². The highest BCUT2D eigenvalue weighted by molar-refractivity contribution is 5.90. The Morgan fingerprint density at radius 2 is 0.865 bits per heavy atom. The highest BCUT2D eigenvalue weighted by Gasteiger charge is 2.16. The summed E-state index contributed by atoms with van der Waals surface area (Å²) >= 11 is 0. The largest absolute Gasteiger partial charge is 0.478 e. The molecule has 0 aromatic heterocycles. The summed E-state index contributed by atoms with van der Waals surface area (Å²) in [6, 6.07) is 0.807. The molecule has 0 aliphatic carbocycles.